The summed E-state index contributed by atoms with van der Waals surface area (Å²) in [5.41, 5.74) is 5.57. The molecule has 0 aliphatic carbocycles. The number of hydrogen-bond donors (Lipinski definition) is 0. The molecule has 26 heavy (non-hydrogen) atoms. The van der Waals surface area contributed by atoms with Crippen LogP contribution in [0, 0.1) is 0 Å². The topological polar surface area (TPSA) is 12.9 Å². The Bertz CT molecular complexity index is 1240. The number of nitrogens with zero attached hydrogens (tertiary/aromatic N) is 1. The van der Waals surface area contributed by atoms with Gasteiger partial charge in [0.1, 0.15) is 0 Å². The second-order valence-corrected chi connectivity index (χ2v) is 14.2. The van der Waals surface area contributed by atoms with Crippen molar-refractivity contribution in [3.63, 3.8) is 0 Å². The van der Waals surface area contributed by atoms with Crippen molar-refractivity contribution in [2.45, 2.75) is 13.1 Å². The first-order valence-electron chi connectivity index (χ1n) is 8.99. The van der Waals surface area contributed by atoms with Crippen molar-refractivity contribution in [2.24, 2.45) is 0 Å². The summed E-state index contributed by atoms with van der Waals surface area (Å²) in [5, 5.41) is 5.80. The molecule has 1 nitrogen and oxygen atoms in total. The monoisotopic (exact) mass is 415 g/mol. The number of benzene rings is 3. The fourth-order valence-electron chi connectivity index (χ4n) is 4.62. The van der Waals surface area contributed by atoms with Crippen LogP contribution in [-0.2, 0) is 0 Å². The molecule has 2 aliphatic rings. The van der Waals surface area contributed by atoms with Crippen molar-refractivity contribution in [3.8, 4) is 22.4 Å². The van der Waals surface area contributed by atoms with E-state index in [0.29, 0.717) is 0 Å². The quantitative estimate of drug-likeness (QED) is 0.355. The van der Waals surface area contributed by atoms with Crippen LogP contribution in [0.1, 0.15) is 0 Å². The van der Waals surface area contributed by atoms with E-state index in [-0.39, 0.29) is 15.0 Å². The van der Waals surface area contributed by atoms with Gasteiger partial charge >= 0.3 is 160 Å². The Balaban J connectivity index is 1.84. The summed E-state index contributed by atoms with van der Waals surface area (Å²) in [6.45, 7) is 4.99. The SMILES string of the molecule is C[Si]1(C)c2cccc3c2-c2c(cccc21)-c1ncc2ccccc2c1[Se]3. The second-order valence-electron chi connectivity index (χ2n) is 7.66. The van der Waals surface area contributed by atoms with Gasteiger partial charge in [0, 0.05) is 0 Å². The Morgan fingerprint density at radius 1 is 0.808 bits per heavy atom. The van der Waals surface area contributed by atoms with Gasteiger partial charge in [-0.25, -0.2) is 0 Å². The number of hydrogen-bond acceptors (Lipinski definition) is 1. The summed E-state index contributed by atoms with van der Waals surface area (Å²) < 4.78 is 2.96. The molecule has 0 amide bonds. The Morgan fingerprint density at radius 3 is 2.46 bits per heavy atom. The van der Waals surface area contributed by atoms with Crippen LogP contribution in [0.15, 0.2) is 66.9 Å². The first kappa shape index (κ1) is 14.9. The first-order chi connectivity index (χ1) is 12.7. The summed E-state index contributed by atoms with van der Waals surface area (Å²) in [6, 6.07) is 22.6. The fourth-order valence-corrected chi connectivity index (χ4v) is 10.5. The Kier molecular flexibility index (Phi) is 2.84. The van der Waals surface area contributed by atoms with Crippen LogP contribution < -0.4 is 19.3 Å². The van der Waals surface area contributed by atoms with E-state index < -0.39 is 8.07 Å². The molecular formula is C23H17NSeSi. The molecule has 3 heteroatoms. The average molecular weight is 414 g/mol. The van der Waals surface area contributed by atoms with E-state index in [4.69, 9.17) is 4.98 Å². The molecule has 3 aromatic carbocycles. The first-order valence-corrected chi connectivity index (χ1v) is 13.7. The molecule has 4 aromatic rings. The van der Waals surface area contributed by atoms with Crippen molar-refractivity contribution in [2.75, 3.05) is 0 Å². The van der Waals surface area contributed by atoms with Gasteiger partial charge in [0.25, 0.3) is 0 Å². The van der Waals surface area contributed by atoms with Gasteiger partial charge in [-0.1, -0.05) is 0 Å². The van der Waals surface area contributed by atoms with Crippen LogP contribution >= 0.6 is 0 Å². The van der Waals surface area contributed by atoms with E-state index in [1.807, 2.05) is 0 Å². The van der Waals surface area contributed by atoms with Gasteiger partial charge in [-0.05, 0) is 0 Å². The fraction of sp³-hybridized carbons (Fsp3) is 0.0870. The number of aromatic nitrogens is 1. The molecule has 0 saturated heterocycles. The molecule has 0 spiro atoms. The van der Waals surface area contributed by atoms with Crippen LogP contribution in [0.2, 0.25) is 13.1 Å². The second kappa shape index (κ2) is 4.95. The van der Waals surface area contributed by atoms with Crippen molar-refractivity contribution >= 4 is 53.1 Å². The van der Waals surface area contributed by atoms with E-state index in [1.165, 1.54) is 42.1 Å². The zero-order valence-corrected chi connectivity index (χ0v) is 17.4. The Labute approximate surface area is 160 Å². The van der Waals surface area contributed by atoms with Gasteiger partial charge < -0.3 is 0 Å². The zero-order chi connectivity index (χ0) is 17.5. The van der Waals surface area contributed by atoms with Gasteiger partial charge in [-0.15, -0.1) is 0 Å². The maximum atomic E-state index is 4.97. The molecule has 6 rings (SSSR count). The zero-order valence-electron chi connectivity index (χ0n) is 14.7. The molecule has 3 heterocycles. The van der Waals surface area contributed by atoms with Crippen LogP contribution in [0.25, 0.3) is 33.2 Å². The van der Waals surface area contributed by atoms with Crippen LogP contribution in [0.5, 0.6) is 0 Å². The Hall–Kier alpha value is -2.19. The molecule has 0 radical (unpaired) electrons. The molecule has 1 aromatic heterocycles. The van der Waals surface area contributed by atoms with E-state index in [9.17, 15) is 0 Å². The molecule has 2 aliphatic heterocycles. The summed E-state index contributed by atoms with van der Waals surface area (Å²) in [4.78, 5) is 4.97. The third-order valence-electron chi connectivity index (χ3n) is 5.91. The summed E-state index contributed by atoms with van der Waals surface area (Å²) in [7, 11) is -1.62. The van der Waals surface area contributed by atoms with Crippen LogP contribution in [-0.4, -0.2) is 28.0 Å². The summed E-state index contributed by atoms with van der Waals surface area (Å²) >= 11 is 0.264. The van der Waals surface area contributed by atoms with Gasteiger partial charge in [0.2, 0.25) is 0 Å². The minimum atomic E-state index is -1.62. The van der Waals surface area contributed by atoms with Gasteiger partial charge in [0.05, 0.1) is 0 Å². The minimum absolute atomic E-state index is 0.264. The van der Waals surface area contributed by atoms with Gasteiger partial charge in [0.15, 0.2) is 0 Å². The number of rotatable bonds is 0. The van der Waals surface area contributed by atoms with E-state index in [1.54, 1.807) is 10.4 Å². The molecule has 0 atom stereocenters. The van der Waals surface area contributed by atoms with Crippen LogP contribution in [0.4, 0.5) is 0 Å². The average Bonchev–Trinajstić information content (AvgIpc) is 2.81. The maximum absolute atomic E-state index is 4.97. The third-order valence-corrected chi connectivity index (χ3v) is 11.9. The van der Waals surface area contributed by atoms with E-state index in [2.05, 4.69) is 80.0 Å². The van der Waals surface area contributed by atoms with Crippen molar-refractivity contribution in [3.05, 3.63) is 66.9 Å². The van der Waals surface area contributed by atoms with Crippen molar-refractivity contribution in [1.29, 1.82) is 0 Å². The standard InChI is InChI=1S/C23H17NSeSi/c1-26(2)18-11-5-9-16-20(18)21-17(10-6-12-19(21)26)25-23-15-8-4-3-7-14(15)13-24-22(16)23/h3-13H,1-2H3. The number of fused-ring (bicyclic) bond motifs is 4. The molecule has 0 fully saturated rings. The predicted octanol–water partition coefficient (Wildman–Crippen LogP) is 2.67. The predicted molar refractivity (Wildman–Crippen MR) is 114 cm³/mol. The van der Waals surface area contributed by atoms with Gasteiger partial charge in [-0.3, -0.25) is 0 Å². The molecule has 0 saturated carbocycles. The Morgan fingerprint density at radius 2 is 1.58 bits per heavy atom. The van der Waals surface area contributed by atoms with Crippen molar-refractivity contribution < 1.29 is 0 Å². The number of pyridine rings is 1. The van der Waals surface area contributed by atoms with Crippen LogP contribution in [0.3, 0.4) is 0 Å². The summed E-state index contributed by atoms with van der Waals surface area (Å²) in [5.74, 6) is 0. The van der Waals surface area contributed by atoms with Crippen molar-refractivity contribution in [1.82, 2.24) is 4.98 Å². The molecule has 0 bridgehead atoms. The normalized spacial score (nSPS) is 15.5. The molecule has 0 N–H and O–H groups in total. The third kappa shape index (κ3) is 1.73. The van der Waals surface area contributed by atoms with E-state index >= 15 is 0 Å². The van der Waals surface area contributed by atoms with E-state index in [0.717, 1.165) is 0 Å². The van der Waals surface area contributed by atoms with Gasteiger partial charge in [-0.2, -0.15) is 0 Å². The molecule has 124 valence electrons. The molecule has 0 unspecified atom stereocenters. The summed E-state index contributed by atoms with van der Waals surface area (Å²) in [6.07, 6.45) is 2.05. The molecular weight excluding hydrogens is 397 g/mol.